The van der Waals surface area contributed by atoms with Crippen molar-refractivity contribution in [1.29, 1.82) is 0 Å². The van der Waals surface area contributed by atoms with E-state index in [1.807, 2.05) is 0 Å². The average Bonchev–Trinajstić information content (AvgIpc) is 3.38. The van der Waals surface area contributed by atoms with Crippen molar-refractivity contribution >= 4 is 5.78 Å². The Hall–Kier alpha value is -1.39. The van der Waals surface area contributed by atoms with Crippen LogP contribution in [0.1, 0.15) is 55.2 Å². The zero-order valence-electron chi connectivity index (χ0n) is 14.9. The molecule has 0 spiro atoms. The number of fused-ring (bicyclic) bond motifs is 1. The summed E-state index contributed by atoms with van der Waals surface area (Å²) in [5, 5.41) is 15.2. The Labute approximate surface area is 149 Å². The lowest BCUT2D eigenvalue weighted by Crippen LogP contribution is -2.72. The smallest absolute Gasteiger partial charge is 0.135 e. The van der Waals surface area contributed by atoms with E-state index in [1.54, 1.807) is 7.11 Å². The largest absolute Gasteiger partial charge is 0.497 e. The maximum absolute atomic E-state index is 12.2. The van der Waals surface area contributed by atoms with Crippen molar-refractivity contribution in [2.45, 2.75) is 68.4 Å². The Bertz CT molecular complexity index is 741. The summed E-state index contributed by atoms with van der Waals surface area (Å²) in [4.78, 5) is 12.2. The van der Waals surface area contributed by atoms with Gasteiger partial charge in [-0.1, -0.05) is 0 Å². The minimum Gasteiger partial charge on any atom is -0.497 e. The monoisotopic (exact) mass is 341 g/mol. The van der Waals surface area contributed by atoms with Crippen LogP contribution in [0.3, 0.4) is 0 Å². The predicted octanol–water partition coefficient (Wildman–Crippen LogP) is 2.29. The second-order valence-electron chi connectivity index (χ2n) is 8.64. The average molecular weight is 341 g/mol. The van der Waals surface area contributed by atoms with Gasteiger partial charge in [-0.15, -0.1) is 0 Å². The highest BCUT2D eigenvalue weighted by molar-refractivity contribution is 5.82. The molecule has 3 aliphatic carbocycles. The van der Waals surface area contributed by atoms with Crippen LogP contribution in [0, 0.1) is 5.92 Å². The molecule has 0 radical (unpaired) electrons. The zero-order valence-corrected chi connectivity index (χ0v) is 14.9. The van der Waals surface area contributed by atoms with E-state index in [1.165, 1.54) is 29.5 Å². The van der Waals surface area contributed by atoms with Crippen LogP contribution < -0.4 is 10.1 Å². The number of Topliss-reactive ketones (excluding diaryl/α,β-unsaturated/α-hetero) is 1. The van der Waals surface area contributed by atoms with E-state index < -0.39 is 5.60 Å². The number of ether oxygens (including phenoxy) is 1. The quantitative estimate of drug-likeness (QED) is 0.886. The lowest BCUT2D eigenvalue weighted by Gasteiger charge is -2.60. The highest BCUT2D eigenvalue weighted by Gasteiger charge is 2.63. The summed E-state index contributed by atoms with van der Waals surface area (Å²) < 4.78 is 5.63. The van der Waals surface area contributed by atoms with Gasteiger partial charge in [0.15, 0.2) is 0 Å². The van der Waals surface area contributed by atoms with E-state index in [0.717, 1.165) is 43.9 Å². The van der Waals surface area contributed by atoms with E-state index >= 15 is 0 Å². The minimum atomic E-state index is -0.948. The third kappa shape index (κ3) is 2.16. The summed E-state index contributed by atoms with van der Waals surface area (Å²) >= 11 is 0. The molecule has 1 aromatic carbocycles. The van der Waals surface area contributed by atoms with Gasteiger partial charge in [-0.25, -0.2) is 0 Å². The van der Waals surface area contributed by atoms with Crippen LogP contribution in [0.25, 0.3) is 0 Å². The lowest BCUT2D eigenvalue weighted by atomic mass is 9.49. The molecule has 3 atom stereocenters. The molecule has 25 heavy (non-hydrogen) atoms. The molecule has 134 valence electrons. The van der Waals surface area contributed by atoms with Gasteiger partial charge >= 0.3 is 0 Å². The zero-order chi connectivity index (χ0) is 17.2. The van der Waals surface area contributed by atoms with Crippen molar-refractivity contribution in [3.05, 3.63) is 28.8 Å². The third-order valence-corrected chi connectivity index (χ3v) is 7.33. The number of ketones is 1. The predicted molar refractivity (Wildman–Crippen MR) is 95.0 cm³/mol. The maximum atomic E-state index is 12.2. The molecule has 0 aromatic heterocycles. The molecule has 0 amide bonds. The number of piperidine rings is 1. The highest BCUT2D eigenvalue weighted by Crippen LogP contribution is 2.57. The number of nitrogens with one attached hydrogen (secondary N) is 1. The standard InChI is InChI=1S/C21H27NO3/c1-25-16-9-14(8-13-2-3-13)17-11-19-21(24)12-15(23)4-5-20(21,6-7-22-19)18(17)10-16/h9-10,13,19,22,24H,2-8,11-12H2,1H3. The van der Waals surface area contributed by atoms with Crippen LogP contribution >= 0.6 is 0 Å². The number of rotatable bonds is 3. The van der Waals surface area contributed by atoms with E-state index in [9.17, 15) is 9.90 Å². The molecule has 1 aromatic rings. The van der Waals surface area contributed by atoms with Crippen molar-refractivity contribution in [2.75, 3.05) is 13.7 Å². The second kappa shape index (κ2) is 5.31. The first-order valence-corrected chi connectivity index (χ1v) is 9.73. The molecule has 3 fully saturated rings. The van der Waals surface area contributed by atoms with Crippen molar-refractivity contribution in [1.82, 2.24) is 5.32 Å². The first-order chi connectivity index (χ1) is 12.1. The van der Waals surface area contributed by atoms with E-state index in [-0.39, 0.29) is 17.2 Å². The Morgan fingerprint density at radius 3 is 2.92 bits per heavy atom. The summed E-state index contributed by atoms with van der Waals surface area (Å²) in [7, 11) is 1.73. The van der Waals surface area contributed by atoms with E-state index in [0.29, 0.717) is 12.8 Å². The normalized spacial score (nSPS) is 36.6. The molecule has 3 unspecified atom stereocenters. The summed E-state index contributed by atoms with van der Waals surface area (Å²) in [6.45, 7) is 0.912. The molecule has 5 rings (SSSR count). The lowest BCUT2D eigenvalue weighted by molar-refractivity contribution is -0.151. The van der Waals surface area contributed by atoms with Gasteiger partial charge in [0.2, 0.25) is 0 Å². The third-order valence-electron chi connectivity index (χ3n) is 7.33. The minimum absolute atomic E-state index is 0.00986. The number of hydrogen-bond donors (Lipinski definition) is 2. The van der Waals surface area contributed by atoms with Gasteiger partial charge in [0, 0.05) is 24.3 Å². The van der Waals surface area contributed by atoms with E-state index in [4.69, 9.17) is 4.74 Å². The van der Waals surface area contributed by atoms with Gasteiger partial charge < -0.3 is 15.2 Å². The number of aliphatic hydroxyl groups is 1. The van der Waals surface area contributed by atoms with Crippen molar-refractivity contribution in [3.8, 4) is 5.75 Å². The Morgan fingerprint density at radius 1 is 1.32 bits per heavy atom. The molecule has 2 N–H and O–H groups in total. The molecule has 1 heterocycles. The highest BCUT2D eigenvalue weighted by atomic mass is 16.5. The Kier molecular flexibility index (Phi) is 3.36. The van der Waals surface area contributed by atoms with Crippen LogP contribution in [0.2, 0.25) is 0 Å². The maximum Gasteiger partial charge on any atom is 0.135 e. The summed E-state index contributed by atoms with van der Waals surface area (Å²) in [6.07, 6.45) is 7.16. The van der Waals surface area contributed by atoms with Gasteiger partial charge in [-0.2, -0.15) is 0 Å². The summed E-state index contributed by atoms with van der Waals surface area (Å²) in [5.74, 6) is 1.92. The fourth-order valence-corrected chi connectivity index (χ4v) is 5.81. The molecular weight excluding hydrogens is 314 g/mol. The van der Waals surface area contributed by atoms with Gasteiger partial charge in [-0.3, -0.25) is 4.79 Å². The van der Waals surface area contributed by atoms with Gasteiger partial charge in [0.25, 0.3) is 0 Å². The van der Waals surface area contributed by atoms with Crippen LogP contribution in [0.15, 0.2) is 12.1 Å². The Balaban J connectivity index is 1.71. The van der Waals surface area contributed by atoms with Crippen molar-refractivity contribution in [2.24, 2.45) is 5.92 Å². The first kappa shape index (κ1) is 15.8. The van der Waals surface area contributed by atoms with Crippen LogP contribution in [0.4, 0.5) is 0 Å². The SMILES string of the molecule is COc1cc(CC2CC2)c2c(c1)C13CCNC(C2)C1(O)CC(=O)CC3. The van der Waals surface area contributed by atoms with Crippen molar-refractivity contribution in [3.63, 3.8) is 0 Å². The fourth-order valence-electron chi connectivity index (χ4n) is 5.81. The fraction of sp³-hybridized carbons (Fsp3) is 0.667. The van der Waals surface area contributed by atoms with Crippen LogP contribution in [-0.2, 0) is 23.1 Å². The molecule has 2 bridgehead atoms. The summed E-state index contributed by atoms with van der Waals surface area (Å²) in [6, 6.07) is 4.36. The first-order valence-electron chi connectivity index (χ1n) is 9.73. The molecule has 1 aliphatic heterocycles. The van der Waals surface area contributed by atoms with Gasteiger partial charge in [-0.05, 0) is 79.8 Å². The Morgan fingerprint density at radius 2 is 2.16 bits per heavy atom. The molecule has 2 saturated carbocycles. The van der Waals surface area contributed by atoms with Crippen LogP contribution in [0.5, 0.6) is 5.75 Å². The van der Waals surface area contributed by atoms with Crippen LogP contribution in [-0.4, -0.2) is 36.2 Å². The molecule has 4 nitrogen and oxygen atoms in total. The molecule has 1 saturated heterocycles. The number of methoxy groups -OCH3 is 1. The van der Waals surface area contributed by atoms with Gasteiger partial charge in [0.05, 0.1) is 12.7 Å². The number of carbonyl (C=O) groups is 1. The number of carbonyl (C=O) groups excluding carboxylic acids is 1. The number of benzene rings is 1. The molecule has 4 heteroatoms. The molecular formula is C21H27NO3. The summed E-state index contributed by atoms with van der Waals surface area (Å²) in [5.41, 5.74) is 2.86. The van der Waals surface area contributed by atoms with Crippen molar-refractivity contribution < 1.29 is 14.6 Å². The van der Waals surface area contributed by atoms with Gasteiger partial charge in [0.1, 0.15) is 11.5 Å². The van der Waals surface area contributed by atoms with E-state index in [2.05, 4.69) is 17.4 Å². The number of hydrogen-bond acceptors (Lipinski definition) is 4. The molecule has 4 aliphatic rings. The second-order valence-corrected chi connectivity index (χ2v) is 8.64. The topological polar surface area (TPSA) is 58.6 Å².